The van der Waals surface area contributed by atoms with Crippen molar-refractivity contribution >= 4 is 40.5 Å². The Kier molecular flexibility index (Phi) is 6.43. The number of nitrogens with one attached hydrogen (secondary N) is 1. The zero-order valence-corrected chi connectivity index (χ0v) is 17.2. The molecule has 0 bridgehead atoms. The zero-order valence-electron chi connectivity index (χ0n) is 15.6. The average Bonchev–Trinajstić information content (AvgIpc) is 3.32. The predicted octanol–water partition coefficient (Wildman–Crippen LogP) is 4.51. The van der Waals surface area contributed by atoms with E-state index in [0.29, 0.717) is 23.0 Å². The van der Waals surface area contributed by atoms with Crippen molar-refractivity contribution in [2.45, 2.75) is 30.8 Å². The number of carbonyl (C=O) groups excluding carboxylic acids is 2. The monoisotopic (exact) mass is 412 g/mol. The summed E-state index contributed by atoms with van der Waals surface area (Å²) >= 11 is 2.92. The molecule has 0 saturated carbocycles. The third kappa shape index (κ3) is 4.58. The van der Waals surface area contributed by atoms with Crippen LogP contribution in [0.2, 0.25) is 0 Å². The van der Waals surface area contributed by atoms with E-state index in [1.807, 2.05) is 29.0 Å². The molecule has 0 radical (unpaired) electrons. The molecule has 2 aromatic heterocycles. The molecule has 3 aromatic rings. The van der Waals surface area contributed by atoms with Gasteiger partial charge in [-0.05, 0) is 37.4 Å². The number of carbonyl (C=O) groups is 2. The van der Waals surface area contributed by atoms with E-state index in [1.165, 1.54) is 18.7 Å². The minimum Gasteiger partial charge on any atom is -0.325 e. The molecule has 0 aliphatic rings. The SMILES string of the molecule is C=CCn1c(SC(C)C(=O)Nc2cccc(C(C)=O)c2)nnc1-c1cccs1. The largest absolute Gasteiger partial charge is 0.325 e. The number of Topliss-reactive ketones (excluding diaryl/α,β-unsaturated/α-hetero) is 1. The Hall–Kier alpha value is -2.71. The molecule has 28 heavy (non-hydrogen) atoms. The highest BCUT2D eigenvalue weighted by atomic mass is 32.2. The van der Waals surface area contributed by atoms with Crippen molar-refractivity contribution < 1.29 is 9.59 Å². The Balaban J connectivity index is 1.74. The molecule has 1 atom stereocenters. The van der Waals surface area contributed by atoms with Crippen molar-refractivity contribution in [3.63, 3.8) is 0 Å². The molecule has 8 heteroatoms. The molecule has 0 aliphatic heterocycles. The van der Waals surface area contributed by atoms with Crippen molar-refractivity contribution in [2.24, 2.45) is 0 Å². The van der Waals surface area contributed by atoms with Gasteiger partial charge in [-0.15, -0.1) is 28.1 Å². The summed E-state index contributed by atoms with van der Waals surface area (Å²) in [6.07, 6.45) is 1.78. The van der Waals surface area contributed by atoms with E-state index in [2.05, 4.69) is 22.1 Å². The number of aromatic nitrogens is 3. The number of thioether (sulfide) groups is 1. The second-order valence-corrected chi connectivity index (χ2v) is 8.32. The second kappa shape index (κ2) is 8.99. The van der Waals surface area contributed by atoms with E-state index >= 15 is 0 Å². The predicted molar refractivity (Wildman–Crippen MR) is 114 cm³/mol. The van der Waals surface area contributed by atoms with Crippen LogP contribution in [0.3, 0.4) is 0 Å². The van der Waals surface area contributed by atoms with E-state index in [1.54, 1.807) is 41.7 Å². The minimum atomic E-state index is -0.398. The third-order valence-corrected chi connectivity index (χ3v) is 5.90. The van der Waals surface area contributed by atoms with Gasteiger partial charge in [-0.1, -0.05) is 36.0 Å². The maximum absolute atomic E-state index is 12.6. The van der Waals surface area contributed by atoms with Crippen molar-refractivity contribution in [3.05, 3.63) is 60.0 Å². The first-order chi connectivity index (χ1) is 13.5. The van der Waals surface area contributed by atoms with Gasteiger partial charge in [0.2, 0.25) is 5.91 Å². The number of anilines is 1. The number of hydrogen-bond donors (Lipinski definition) is 1. The Bertz CT molecular complexity index is 996. The molecule has 0 spiro atoms. The quantitative estimate of drug-likeness (QED) is 0.334. The Morgan fingerprint density at radius 3 is 2.82 bits per heavy atom. The van der Waals surface area contributed by atoms with E-state index < -0.39 is 5.25 Å². The van der Waals surface area contributed by atoms with Gasteiger partial charge in [-0.25, -0.2) is 0 Å². The highest BCUT2D eigenvalue weighted by Crippen LogP contribution is 2.29. The first-order valence-electron chi connectivity index (χ1n) is 8.66. The van der Waals surface area contributed by atoms with Gasteiger partial charge in [0.05, 0.1) is 10.1 Å². The standard InChI is InChI=1S/C20H20N4O2S2/c1-4-10-24-18(17-9-6-11-27-17)22-23-20(24)28-14(3)19(26)21-16-8-5-7-15(12-16)13(2)25/h4-9,11-12,14H,1,10H2,2-3H3,(H,21,26). The summed E-state index contributed by atoms with van der Waals surface area (Å²) in [5, 5.41) is 13.7. The van der Waals surface area contributed by atoms with E-state index in [-0.39, 0.29) is 11.7 Å². The van der Waals surface area contributed by atoms with Gasteiger partial charge in [-0.3, -0.25) is 14.2 Å². The summed E-state index contributed by atoms with van der Waals surface area (Å²) in [5.41, 5.74) is 1.15. The minimum absolute atomic E-state index is 0.0443. The lowest BCUT2D eigenvalue weighted by Gasteiger charge is -2.13. The van der Waals surface area contributed by atoms with Crippen LogP contribution in [0.15, 0.2) is 59.6 Å². The fourth-order valence-electron chi connectivity index (χ4n) is 2.53. The van der Waals surface area contributed by atoms with Crippen LogP contribution in [-0.4, -0.2) is 31.7 Å². The summed E-state index contributed by atoms with van der Waals surface area (Å²) in [7, 11) is 0. The van der Waals surface area contributed by atoms with E-state index in [9.17, 15) is 9.59 Å². The Labute approximate surface area is 171 Å². The first kappa shape index (κ1) is 20.0. The normalized spacial score (nSPS) is 11.8. The van der Waals surface area contributed by atoms with Crippen molar-refractivity contribution in [3.8, 4) is 10.7 Å². The van der Waals surface area contributed by atoms with Crippen LogP contribution in [-0.2, 0) is 11.3 Å². The topological polar surface area (TPSA) is 76.9 Å². The number of rotatable bonds is 8. The number of hydrogen-bond acceptors (Lipinski definition) is 6. The molecule has 3 rings (SSSR count). The lowest BCUT2D eigenvalue weighted by Crippen LogP contribution is -2.23. The van der Waals surface area contributed by atoms with Gasteiger partial charge in [0.25, 0.3) is 0 Å². The molecular formula is C20H20N4O2S2. The van der Waals surface area contributed by atoms with Crippen LogP contribution in [0.1, 0.15) is 24.2 Å². The lowest BCUT2D eigenvalue weighted by molar-refractivity contribution is -0.115. The fourth-order valence-corrected chi connectivity index (χ4v) is 4.10. The van der Waals surface area contributed by atoms with Gasteiger partial charge in [0, 0.05) is 17.8 Å². The van der Waals surface area contributed by atoms with Gasteiger partial charge < -0.3 is 5.32 Å². The van der Waals surface area contributed by atoms with E-state index in [4.69, 9.17) is 0 Å². The molecule has 144 valence electrons. The number of ketones is 1. The van der Waals surface area contributed by atoms with Crippen molar-refractivity contribution in [1.82, 2.24) is 14.8 Å². The number of nitrogens with zero attached hydrogens (tertiary/aromatic N) is 3. The van der Waals surface area contributed by atoms with E-state index in [0.717, 1.165) is 10.7 Å². The third-order valence-electron chi connectivity index (χ3n) is 3.96. The molecule has 0 aliphatic carbocycles. The van der Waals surface area contributed by atoms with Gasteiger partial charge in [0.1, 0.15) is 0 Å². The van der Waals surface area contributed by atoms with Crippen LogP contribution in [0.25, 0.3) is 10.7 Å². The number of benzene rings is 1. The van der Waals surface area contributed by atoms with Gasteiger partial charge >= 0.3 is 0 Å². The number of amides is 1. The molecular weight excluding hydrogens is 392 g/mol. The highest BCUT2D eigenvalue weighted by molar-refractivity contribution is 8.00. The second-order valence-electron chi connectivity index (χ2n) is 6.07. The maximum atomic E-state index is 12.6. The molecule has 1 unspecified atom stereocenters. The smallest absolute Gasteiger partial charge is 0.237 e. The molecule has 0 saturated heterocycles. The summed E-state index contributed by atoms with van der Waals surface area (Å²) in [6, 6.07) is 10.9. The van der Waals surface area contributed by atoms with Gasteiger partial charge in [0.15, 0.2) is 16.8 Å². The highest BCUT2D eigenvalue weighted by Gasteiger charge is 2.21. The zero-order chi connectivity index (χ0) is 20.1. The molecule has 2 heterocycles. The lowest BCUT2D eigenvalue weighted by atomic mass is 10.1. The Morgan fingerprint density at radius 2 is 2.14 bits per heavy atom. The fraction of sp³-hybridized carbons (Fsp3) is 0.200. The summed E-state index contributed by atoms with van der Waals surface area (Å²) in [6.45, 7) is 7.66. The van der Waals surface area contributed by atoms with Crippen LogP contribution >= 0.6 is 23.1 Å². The van der Waals surface area contributed by atoms with Crippen LogP contribution in [0.5, 0.6) is 0 Å². The van der Waals surface area contributed by atoms with Crippen LogP contribution < -0.4 is 5.32 Å². The molecule has 1 aromatic carbocycles. The van der Waals surface area contributed by atoms with Gasteiger partial charge in [-0.2, -0.15) is 0 Å². The Morgan fingerprint density at radius 1 is 1.32 bits per heavy atom. The van der Waals surface area contributed by atoms with Crippen molar-refractivity contribution in [1.29, 1.82) is 0 Å². The summed E-state index contributed by atoms with van der Waals surface area (Å²) < 4.78 is 1.95. The number of allylic oxidation sites excluding steroid dienone is 1. The van der Waals surface area contributed by atoms with Crippen molar-refractivity contribution in [2.75, 3.05) is 5.32 Å². The molecule has 6 nitrogen and oxygen atoms in total. The first-order valence-corrected chi connectivity index (χ1v) is 10.4. The van der Waals surface area contributed by atoms with Crippen LogP contribution in [0.4, 0.5) is 5.69 Å². The summed E-state index contributed by atoms with van der Waals surface area (Å²) in [5.74, 6) is 0.549. The summed E-state index contributed by atoms with van der Waals surface area (Å²) in [4.78, 5) is 25.1. The maximum Gasteiger partial charge on any atom is 0.237 e. The molecule has 1 N–H and O–H groups in total. The van der Waals surface area contributed by atoms with Crippen LogP contribution in [0, 0.1) is 0 Å². The average molecular weight is 413 g/mol. The molecule has 0 fully saturated rings. The number of thiophene rings is 1. The molecule has 1 amide bonds.